The molecule has 0 aliphatic heterocycles. The molecule has 0 aromatic carbocycles. The summed E-state index contributed by atoms with van der Waals surface area (Å²) < 4.78 is 0. The molecular weight excluding hydrogens is 124 g/mol. The predicted molar refractivity (Wildman–Crippen MR) is 45.0 cm³/mol. The highest BCUT2D eigenvalue weighted by atomic mass is 16.3. The fourth-order valence-corrected chi connectivity index (χ4v) is 0.864. The second kappa shape index (κ2) is 3.97. The highest BCUT2D eigenvalue weighted by molar-refractivity contribution is 4.72. The highest BCUT2D eigenvalue weighted by Gasteiger charge is 2.20. The first-order valence-electron chi connectivity index (χ1n) is 4.20. The minimum Gasteiger partial charge on any atom is -0.390 e. The summed E-state index contributed by atoms with van der Waals surface area (Å²) in [5.41, 5.74) is -0.491. The Kier molecular flexibility index (Phi) is 3.95. The Labute approximate surface area is 64.5 Å². The van der Waals surface area contributed by atoms with Crippen LogP contribution in [0.5, 0.6) is 0 Å². The zero-order valence-corrected chi connectivity index (χ0v) is 7.65. The molecule has 0 saturated carbocycles. The fourth-order valence-electron chi connectivity index (χ4n) is 0.864. The van der Waals surface area contributed by atoms with Crippen molar-refractivity contribution >= 4 is 0 Å². The first kappa shape index (κ1) is 9.96. The molecule has 1 N–H and O–H groups in total. The van der Waals surface area contributed by atoms with Gasteiger partial charge in [-0.3, -0.25) is 0 Å². The van der Waals surface area contributed by atoms with E-state index in [1.165, 1.54) is 12.8 Å². The van der Waals surface area contributed by atoms with Crippen LogP contribution in [0, 0.1) is 5.92 Å². The predicted octanol–water partition coefficient (Wildman–Crippen LogP) is 2.58. The van der Waals surface area contributed by atoms with E-state index in [1.807, 2.05) is 13.8 Å². The van der Waals surface area contributed by atoms with E-state index in [1.54, 1.807) is 0 Å². The van der Waals surface area contributed by atoms with E-state index in [4.69, 9.17) is 0 Å². The van der Waals surface area contributed by atoms with Crippen molar-refractivity contribution in [3.63, 3.8) is 0 Å². The van der Waals surface area contributed by atoms with E-state index in [0.29, 0.717) is 5.92 Å². The number of unbranched alkanes of at least 4 members (excludes halogenated alkanes) is 1. The molecule has 1 atom stereocenters. The second-order valence-corrected chi connectivity index (χ2v) is 3.70. The molecule has 0 aromatic rings. The number of rotatable bonds is 4. The number of hydrogen-bond acceptors (Lipinski definition) is 1. The van der Waals surface area contributed by atoms with Gasteiger partial charge in [0.2, 0.25) is 0 Å². The van der Waals surface area contributed by atoms with Gasteiger partial charge in [0, 0.05) is 0 Å². The van der Waals surface area contributed by atoms with Crippen LogP contribution in [-0.4, -0.2) is 10.7 Å². The van der Waals surface area contributed by atoms with Gasteiger partial charge in [-0.05, 0) is 26.2 Å². The third-order valence-electron chi connectivity index (χ3n) is 2.20. The van der Waals surface area contributed by atoms with E-state index >= 15 is 0 Å². The lowest BCUT2D eigenvalue weighted by atomic mass is 9.89. The summed E-state index contributed by atoms with van der Waals surface area (Å²) in [7, 11) is 0. The smallest absolute Gasteiger partial charge is 0.0617 e. The van der Waals surface area contributed by atoms with Crippen molar-refractivity contribution < 1.29 is 5.11 Å². The van der Waals surface area contributed by atoms with Crippen molar-refractivity contribution in [3.05, 3.63) is 0 Å². The molecule has 62 valence electrons. The average molecular weight is 144 g/mol. The first-order chi connectivity index (χ1) is 4.48. The van der Waals surface area contributed by atoms with Gasteiger partial charge >= 0.3 is 0 Å². The molecular formula is C9H20O. The van der Waals surface area contributed by atoms with Crippen LogP contribution in [0.2, 0.25) is 0 Å². The third-order valence-corrected chi connectivity index (χ3v) is 2.20. The standard InChI is InChI=1S/C9H20O/c1-5-6-7-8(2)9(3,4)10/h8,10H,5-7H2,1-4H3/t8-/m1/s1. The Morgan fingerprint density at radius 1 is 1.40 bits per heavy atom. The largest absolute Gasteiger partial charge is 0.390 e. The van der Waals surface area contributed by atoms with Gasteiger partial charge in [-0.25, -0.2) is 0 Å². The Hall–Kier alpha value is -0.0400. The minimum atomic E-state index is -0.491. The topological polar surface area (TPSA) is 20.2 Å². The summed E-state index contributed by atoms with van der Waals surface area (Å²) in [5.74, 6) is 0.424. The van der Waals surface area contributed by atoms with Crippen LogP contribution in [0.1, 0.15) is 47.0 Å². The molecule has 1 heteroatoms. The van der Waals surface area contributed by atoms with Crippen LogP contribution >= 0.6 is 0 Å². The molecule has 0 aromatic heterocycles. The molecule has 0 aliphatic carbocycles. The zero-order chi connectivity index (χ0) is 8.20. The zero-order valence-electron chi connectivity index (χ0n) is 7.65. The van der Waals surface area contributed by atoms with Crippen molar-refractivity contribution in [1.29, 1.82) is 0 Å². The molecule has 1 nitrogen and oxygen atoms in total. The van der Waals surface area contributed by atoms with Crippen LogP contribution in [0.4, 0.5) is 0 Å². The maximum atomic E-state index is 9.51. The monoisotopic (exact) mass is 144 g/mol. The summed E-state index contributed by atoms with van der Waals surface area (Å²) in [6.07, 6.45) is 3.59. The molecule has 0 fully saturated rings. The molecule has 10 heavy (non-hydrogen) atoms. The summed E-state index contributed by atoms with van der Waals surface area (Å²) in [5, 5.41) is 9.51. The van der Waals surface area contributed by atoms with E-state index < -0.39 is 5.60 Å². The Balaban J connectivity index is 3.52. The fraction of sp³-hybridized carbons (Fsp3) is 1.00. The number of aliphatic hydroxyl groups is 1. The second-order valence-electron chi connectivity index (χ2n) is 3.70. The SMILES string of the molecule is CCCC[C@@H](C)C(C)(C)O. The summed E-state index contributed by atoms with van der Waals surface area (Å²) >= 11 is 0. The average Bonchev–Trinajstić information content (AvgIpc) is 1.80. The molecule has 0 rings (SSSR count). The molecule has 0 unspecified atom stereocenters. The van der Waals surface area contributed by atoms with Gasteiger partial charge in [-0.1, -0.05) is 26.7 Å². The Morgan fingerprint density at radius 2 is 1.90 bits per heavy atom. The van der Waals surface area contributed by atoms with Crippen LogP contribution in [0.15, 0.2) is 0 Å². The third kappa shape index (κ3) is 3.89. The molecule has 0 spiro atoms. The van der Waals surface area contributed by atoms with Crippen molar-refractivity contribution in [2.75, 3.05) is 0 Å². The van der Waals surface area contributed by atoms with Crippen LogP contribution in [0.25, 0.3) is 0 Å². The van der Waals surface area contributed by atoms with E-state index in [2.05, 4.69) is 13.8 Å². The lowest BCUT2D eigenvalue weighted by Crippen LogP contribution is -2.28. The Bertz CT molecular complexity index is 81.2. The molecule has 0 heterocycles. The lowest BCUT2D eigenvalue weighted by molar-refractivity contribution is 0.0205. The van der Waals surface area contributed by atoms with Crippen molar-refractivity contribution in [1.82, 2.24) is 0 Å². The normalized spacial score (nSPS) is 15.3. The summed E-state index contributed by atoms with van der Waals surface area (Å²) in [4.78, 5) is 0. The molecule has 0 aliphatic rings. The molecule has 0 saturated heterocycles. The van der Waals surface area contributed by atoms with Gasteiger partial charge in [0.25, 0.3) is 0 Å². The number of hydrogen-bond donors (Lipinski definition) is 1. The summed E-state index contributed by atoms with van der Waals surface area (Å²) in [6.45, 7) is 8.05. The van der Waals surface area contributed by atoms with Crippen LogP contribution < -0.4 is 0 Å². The maximum absolute atomic E-state index is 9.51. The minimum absolute atomic E-state index is 0.424. The van der Waals surface area contributed by atoms with Gasteiger partial charge < -0.3 is 5.11 Å². The van der Waals surface area contributed by atoms with Crippen LogP contribution in [-0.2, 0) is 0 Å². The van der Waals surface area contributed by atoms with Crippen molar-refractivity contribution in [3.8, 4) is 0 Å². The quantitative estimate of drug-likeness (QED) is 0.643. The van der Waals surface area contributed by atoms with Crippen molar-refractivity contribution in [2.24, 2.45) is 5.92 Å². The van der Waals surface area contributed by atoms with Gasteiger partial charge in [-0.2, -0.15) is 0 Å². The van der Waals surface area contributed by atoms with E-state index in [9.17, 15) is 5.11 Å². The molecule has 0 radical (unpaired) electrons. The van der Waals surface area contributed by atoms with Gasteiger partial charge in [0.1, 0.15) is 0 Å². The van der Waals surface area contributed by atoms with Crippen LogP contribution in [0.3, 0.4) is 0 Å². The van der Waals surface area contributed by atoms with Gasteiger partial charge in [0.15, 0.2) is 0 Å². The maximum Gasteiger partial charge on any atom is 0.0617 e. The van der Waals surface area contributed by atoms with Gasteiger partial charge in [-0.15, -0.1) is 0 Å². The molecule has 0 bridgehead atoms. The summed E-state index contributed by atoms with van der Waals surface area (Å²) in [6, 6.07) is 0. The van der Waals surface area contributed by atoms with E-state index in [0.717, 1.165) is 6.42 Å². The van der Waals surface area contributed by atoms with Gasteiger partial charge in [0.05, 0.1) is 5.60 Å². The Morgan fingerprint density at radius 3 is 2.20 bits per heavy atom. The molecule has 0 amide bonds. The van der Waals surface area contributed by atoms with E-state index in [-0.39, 0.29) is 0 Å². The van der Waals surface area contributed by atoms with Crippen molar-refractivity contribution in [2.45, 2.75) is 52.6 Å². The highest BCUT2D eigenvalue weighted by Crippen LogP contribution is 2.20. The first-order valence-corrected chi connectivity index (χ1v) is 4.20. The lowest BCUT2D eigenvalue weighted by Gasteiger charge is -2.25.